The van der Waals surface area contributed by atoms with Crippen LogP contribution in [0.2, 0.25) is 0 Å². The lowest BCUT2D eigenvalue weighted by Crippen LogP contribution is -2.33. The average Bonchev–Trinajstić information content (AvgIpc) is 2.90. The van der Waals surface area contributed by atoms with E-state index in [0.717, 1.165) is 32.1 Å². The molecule has 0 saturated heterocycles. The lowest BCUT2D eigenvalue weighted by atomic mass is 9.89. The van der Waals surface area contributed by atoms with Crippen LogP contribution in [0.25, 0.3) is 0 Å². The molecule has 0 radical (unpaired) electrons. The minimum absolute atomic E-state index is 0.00113. The van der Waals surface area contributed by atoms with Gasteiger partial charge in [-0.25, -0.2) is 9.59 Å². The molecule has 1 aromatic rings. The van der Waals surface area contributed by atoms with E-state index < -0.39 is 12.1 Å². The number of hydroxylamine groups is 1. The van der Waals surface area contributed by atoms with Crippen LogP contribution < -0.4 is 10.2 Å². The molecule has 1 aliphatic rings. The molecule has 98 valence electrons. The summed E-state index contributed by atoms with van der Waals surface area (Å²) >= 11 is 0. The quantitative estimate of drug-likeness (QED) is 0.809. The summed E-state index contributed by atoms with van der Waals surface area (Å²) in [6, 6.07) is 1.36. The molecule has 1 aliphatic carbocycles. The molecular weight excluding hydrogens is 240 g/mol. The van der Waals surface area contributed by atoms with E-state index in [-0.39, 0.29) is 11.8 Å². The number of amides is 1. The second-order valence-corrected chi connectivity index (χ2v) is 4.09. The largest absolute Gasteiger partial charge is 0.447 e. The lowest BCUT2D eigenvalue weighted by Gasteiger charge is -2.19. The van der Waals surface area contributed by atoms with Gasteiger partial charge in [-0.1, -0.05) is 19.3 Å². The highest BCUT2D eigenvalue weighted by molar-refractivity contribution is 5.75. The van der Waals surface area contributed by atoms with E-state index in [1.165, 1.54) is 12.3 Å². The minimum Gasteiger partial charge on any atom is -0.386 e. The molecule has 0 spiro atoms. The number of hydrogen-bond acceptors (Lipinski definition) is 6. The molecule has 0 aromatic carbocycles. The Hall–Kier alpha value is -2.05. The molecule has 1 N–H and O–H groups in total. The molecule has 0 bridgehead atoms. The van der Waals surface area contributed by atoms with Gasteiger partial charge in [0.05, 0.1) is 5.92 Å². The van der Waals surface area contributed by atoms with Gasteiger partial charge in [-0.3, -0.25) is 0 Å². The number of rotatable bonds is 2. The van der Waals surface area contributed by atoms with Crippen molar-refractivity contribution in [3.05, 3.63) is 12.3 Å². The Morgan fingerprint density at radius 2 is 2.11 bits per heavy atom. The normalized spacial score (nSPS) is 16.0. The van der Waals surface area contributed by atoms with Crippen LogP contribution in [0.5, 0.6) is 5.88 Å². The Morgan fingerprint density at radius 3 is 2.78 bits per heavy atom. The number of carbonyl (C=O) groups excluding carboxylic acids is 2. The number of carbonyl (C=O) groups is 2. The van der Waals surface area contributed by atoms with Gasteiger partial charge in [0.1, 0.15) is 6.26 Å². The van der Waals surface area contributed by atoms with Crippen molar-refractivity contribution in [1.82, 2.24) is 10.6 Å². The molecule has 7 heteroatoms. The Bertz CT molecular complexity index is 398. The third-order valence-electron chi connectivity index (χ3n) is 2.78. The third kappa shape index (κ3) is 3.47. The Kier molecular flexibility index (Phi) is 4.16. The van der Waals surface area contributed by atoms with Crippen molar-refractivity contribution in [3.8, 4) is 5.88 Å². The highest BCUT2D eigenvalue weighted by Gasteiger charge is 2.23. The van der Waals surface area contributed by atoms with Crippen molar-refractivity contribution in [2.24, 2.45) is 5.92 Å². The number of hydrogen-bond donors (Lipinski definition) is 1. The van der Waals surface area contributed by atoms with E-state index in [9.17, 15) is 9.59 Å². The number of aromatic nitrogens is 1. The average molecular weight is 254 g/mol. The number of ether oxygens (including phenoxy) is 1. The summed E-state index contributed by atoms with van der Waals surface area (Å²) in [7, 11) is 0. The molecule has 1 aromatic heterocycles. The van der Waals surface area contributed by atoms with Crippen LogP contribution in [0, 0.1) is 5.92 Å². The van der Waals surface area contributed by atoms with E-state index in [1.807, 2.05) is 5.48 Å². The van der Waals surface area contributed by atoms with Crippen LogP contribution in [-0.2, 0) is 9.63 Å². The fourth-order valence-electron chi connectivity index (χ4n) is 1.88. The summed E-state index contributed by atoms with van der Waals surface area (Å²) in [5, 5.41) is 3.37. The molecule has 7 nitrogen and oxygen atoms in total. The summed E-state index contributed by atoms with van der Waals surface area (Å²) in [4.78, 5) is 27.5. The molecule has 0 aliphatic heterocycles. The van der Waals surface area contributed by atoms with Crippen molar-refractivity contribution >= 4 is 12.1 Å². The summed E-state index contributed by atoms with van der Waals surface area (Å²) in [5.41, 5.74) is 1.93. The molecule has 1 saturated carbocycles. The third-order valence-corrected chi connectivity index (χ3v) is 2.78. The standard InChI is InChI=1S/C11H14N2O5/c14-10(8-4-2-1-3-5-8)18-13-11(15)17-9-6-7-16-12-9/h6-8H,1-5H2,(H,13,15). The molecule has 18 heavy (non-hydrogen) atoms. The first-order valence-electron chi connectivity index (χ1n) is 5.84. The van der Waals surface area contributed by atoms with Gasteiger partial charge in [-0.2, -0.15) is 0 Å². The summed E-state index contributed by atoms with van der Waals surface area (Å²) < 4.78 is 9.13. The van der Waals surface area contributed by atoms with Gasteiger partial charge in [0.25, 0.3) is 5.88 Å². The molecule has 0 unspecified atom stereocenters. The minimum atomic E-state index is -0.909. The van der Waals surface area contributed by atoms with Crippen LogP contribution in [0.15, 0.2) is 16.9 Å². The number of nitrogens with zero attached hydrogens (tertiary/aromatic N) is 1. The zero-order valence-electron chi connectivity index (χ0n) is 9.76. The van der Waals surface area contributed by atoms with E-state index in [4.69, 9.17) is 0 Å². The lowest BCUT2D eigenvalue weighted by molar-refractivity contribution is -0.155. The Labute approximate surface area is 103 Å². The van der Waals surface area contributed by atoms with E-state index in [2.05, 4.69) is 19.3 Å². The maximum absolute atomic E-state index is 11.6. The van der Waals surface area contributed by atoms with E-state index >= 15 is 0 Å². The van der Waals surface area contributed by atoms with Crippen molar-refractivity contribution in [2.75, 3.05) is 0 Å². The summed E-state index contributed by atoms with van der Waals surface area (Å²) in [6.07, 6.45) is 5.14. The first-order valence-corrected chi connectivity index (χ1v) is 5.84. The predicted octanol–water partition coefficient (Wildman–Crippen LogP) is 1.80. The van der Waals surface area contributed by atoms with Crippen LogP contribution in [0.1, 0.15) is 32.1 Å². The smallest absolute Gasteiger partial charge is 0.386 e. The van der Waals surface area contributed by atoms with E-state index in [1.54, 1.807) is 0 Å². The molecule has 1 fully saturated rings. The van der Waals surface area contributed by atoms with Crippen molar-refractivity contribution in [3.63, 3.8) is 0 Å². The van der Waals surface area contributed by atoms with Gasteiger partial charge in [-0.15, -0.1) is 5.48 Å². The fourth-order valence-corrected chi connectivity index (χ4v) is 1.88. The van der Waals surface area contributed by atoms with Crippen LogP contribution in [0.4, 0.5) is 4.79 Å². The zero-order valence-corrected chi connectivity index (χ0v) is 9.76. The molecular formula is C11H14N2O5. The second-order valence-electron chi connectivity index (χ2n) is 4.09. The van der Waals surface area contributed by atoms with Gasteiger partial charge in [0.2, 0.25) is 0 Å². The topological polar surface area (TPSA) is 90.7 Å². The van der Waals surface area contributed by atoms with Crippen molar-refractivity contribution in [1.29, 1.82) is 0 Å². The van der Waals surface area contributed by atoms with Gasteiger partial charge in [0, 0.05) is 6.07 Å². The first kappa shape index (κ1) is 12.4. The Morgan fingerprint density at radius 1 is 1.33 bits per heavy atom. The number of nitrogens with one attached hydrogen (secondary N) is 1. The fraction of sp³-hybridized carbons (Fsp3) is 0.545. The second kappa shape index (κ2) is 6.04. The summed E-state index contributed by atoms with van der Waals surface area (Å²) in [5.74, 6) is -0.556. The van der Waals surface area contributed by atoms with Crippen molar-refractivity contribution in [2.45, 2.75) is 32.1 Å². The Balaban J connectivity index is 1.70. The monoisotopic (exact) mass is 254 g/mol. The molecule has 1 heterocycles. The maximum Gasteiger partial charge on any atom is 0.447 e. The highest BCUT2D eigenvalue weighted by atomic mass is 16.7. The van der Waals surface area contributed by atoms with Gasteiger partial charge in [-0.05, 0) is 18.0 Å². The zero-order chi connectivity index (χ0) is 12.8. The van der Waals surface area contributed by atoms with Gasteiger partial charge >= 0.3 is 12.1 Å². The maximum atomic E-state index is 11.6. The molecule has 2 rings (SSSR count). The molecule has 0 atom stereocenters. The molecule has 1 amide bonds. The van der Waals surface area contributed by atoms with Gasteiger partial charge in [0.15, 0.2) is 0 Å². The van der Waals surface area contributed by atoms with Crippen LogP contribution in [0.3, 0.4) is 0 Å². The first-order chi connectivity index (χ1) is 8.75. The van der Waals surface area contributed by atoms with Crippen LogP contribution in [-0.4, -0.2) is 17.2 Å². The van der Waals surface area contributed by atoms with Crippen molar-refractivity contribution < 1.29 is 23.7 Å². The van der Waals surface area contributed by atoms with E-state index in [0.29, 0.717) is 0 Å². The summed E-state index contributed by atoms with van der Waals surface area (Å²) in [6.45, 7) is 0. The SMILES string of the molecule is O=C(NOC(=O)C1CCCCC1)Oc1ccon1. The predicted molar refractivity (Wildman–Crippen MR) is 58.3 cm³/mol. The highest BCUT2D eigenvalue weighted by Crippen LogP contribution is 2.24. The van der Waals surface area contributed by atoms with Gasteiger partial charge < -0.3 is 14.1 Å². The van der Waals surface area contributed by atoms with Crippen LogP contribution >= 0.6 is 0 Å².